The van der Waals surface area contributed by atoms with Gasteiger partial charge in [0, 0.05) is 13.1 Å². The molecule has 0 radical (unpaired) electrons. The average Bonchev–Trinajstić information content (AvgIpc) is 2.21. The fourth-order valence-electron chi connectivity index (χ4n) is 1.56. The molecule has 84 valence electrons. The van der Waals surface area contributed by atoms with Crippen LogP contribution < -0.4 is 0 Å². The molecule has 0 fully saturated rings. The second kappa shape index (κ2) is 5.85. The number of aryl methyl sites for hydroxylation is 1. The first-order valence-corrected chi connectivity index (χ1v) is 5.15. The van der Waals surface area contributed by atoms with Crippen LogP contribution in [0.1, 0.15) is 11.1 Å². The molecule has 3 nitrogen and oxygen atoms in total. The van der Waals surface area contributed by atoms with Crippen molar-refractivity contribution in [3.63, 3.8) is 0 Å². The van der Waals surface area contributed by atoms with Gasteiger partial charge in [0.15, 0.2) is 0 Å². The van der Waals surface area contributed by atoms with E-state index in [0.29, 0.717) is 6.54 Å². The van der Waals surface area contributed by atoms with Crippen molar-refractivity contribution in [2.24, 2.45) is 0 Å². The standard InChI is InChI=1S/C12H19NO2/c1-10-5-3-4-6-11(10)7-13(2)8-12(15)9-14/h3-6,12,14-15H,7-9H2,1-2H3. The molecule has 0 saturated heterocycles. The third kappa shape index (κ3) is 4.00. The van der Waals surface area contributed by atoms with Crippen LogP contribution in [0, 0.1) is 6.92 Å². The summed E-state index contributed by atoms with van der Waals surface area (Å²) in [6.45, 7) is 3.18. The van der Waals surface area contributed by atoms with Gasteiger partial charge in [-0.05, 0) is 25.1 Å². The molecule has 0 heterocycles. The van der Waals surface area contributed by atoms with E-state index in [0.717, 1.165) is 6.54 Å². The maximum absolute atomic E-state index is 9.28. The van der Waals surface area contributed by atoms with E-state index >= 15 is 0 Å². The summed E-state index contributed by atoms with van der Waals surface area (Å²) in [5, 5.41) is 18.0. The van der Waals surface area contributed by atoms with Gasteiger partial charge in [-0.25, -0.2) is 0 Å². The Morgan fingerprint density at radius 2 is 2.00 bits per heavy atom. The van der Waals surface area contributed by atoms with Crippen LogP contribution in [-0.4, -0.2) is 41.4 Å². The van der Waals surface area contributed by atoms with Crippen LogP contribution in [0.4, 0.5) is 0 Å². The van der Waals surface area contributed by atoms with Crippen molar-refractivity contribution in [2.75, 3.05) is 20.2 Å². The van der Waals surface area contributed by atoms with Crippen LogP contribution in [-0.2, 0) is 6.54 Å². The van der Waals surface area contributed by atoms with Crippen molar-refractivity contribution in [3.05, 3.63) is 35.4 Å². The van der Waals surface area contributed by atoms with E-state index in [1.165, 1.54) is 11.1 Å². The molecule has 0 spiro atoms. The molecular formula is C12H19NO2. The van der Waals surface area contributed by atoms with Gasteiger partial charge in [-0.2, -0.15) is 0 Å². The third-order valence-electron chi connectivity index (χ3n) is 2.43. The minimum atomic E-state index is -0.654. The second-order valence-electron chi connectivity index (χ2n) is 3.96. The predicted molar refractivity (Wildman–Crippen MR) is 60.6 cm³/mol. The zero-order valence-corrected chi connectivity index (χ0v) is 9.35. The minimum absolute atomic E-state index is 0.182. The van der Waals surface area contributed by atoms with E-state index in [4.69, 9.17) is 5.11 Å². The summed E-state index contributed by atoms with van der Waals surface area (Å²) in [5.74, 6) is 0. The first-order valence-electron chi connectivity index (χ1n) is 5.15. The van der Waals surface area contributed by atoms with Crippen molar-refractivity contribution in [3.8, 4) is 0 Å². The second-order valence-corrected chi connectivity index (χ2v) is 3.96. The quantitative estimate of drug-likeness (QED) is 0.753. The van der Waals surface area contributed by atoms with Gasteiger partial charge in [-0.3, -0.25) is 4.90 Å². The molecular weight excluding hydrogens is 190 g/mol. The number of hydrogen-bond acceptors (Lipinski definition) is 3. The van der Waals surface area contributed by atoms with Gasteiger partial charge in [0.05, 0.1) is 12.7 Å². The van der Waals surface area contributed by atoms with Crippen LogP contribution in [0.3, 0.4) is 0 Å². The number of benzene rings is 1. The molecule has 15 heavy (non-hydrogen) atoms. The third-order valence-corrected chi connectivity index (χ3v) is 2.43. The lowest BCUT2D eigenvalue weighted by Crippen LogP contribution is -2.31. The molecule has 0 saturated carbocycles. The van der Waals surface area contributed by atoms with Gasteiger partial charge in [0.2, 0.25) is 0 Å². The molecule has 1 aromatic carbocycles. The van der Waals surface area contributed by atoms with E-state index < -0.39 is 6.10 Å². The van der Waals surface area contributed by atoms with E-state index in [2.05, 4.69) is 19.1 Å². The summed E-state index contributed by atoms with van der Waals surface area (Å²) in [7, 11) is 1.94. The van der Waals surface area contributed by atoms with Gasteiger partial charge < -0.3 is 10.2 Å². The molecule has 0 aliphatic carbocycles. The number of hydrogen-bond donors (Lipinski definition) is 2. The Bertz CT molecular complexity index is 301. The molecule has 1 atom stereocenters. The van der Waals surface area contributed by atoms with Crippen molar-refractivity contribution in [2.45, 2.75) is 19.6 Å². The zero-order chi connectivity index (χ0) is 11.3. The molecule has 0 amide bonds. The van der Waals surface area contributed by atoms with Gasteiger partial charge in [-0.15, -0.1) is 0 Å². The zero-order valence-electron chi connectivity index (χ0n) is 9.35. The molecule has 3 heteroatoms. The van der Waals surface area contributed by atoms with Gasteiger partial charge in [0.25, 0.3) is 0 Å². The first-order chi connectivity index (χ1) is 7.13. The SMILES string of the molecule is Cc1ccccc1CN(C)CC(O)CO. The van der Waals surface area contributed by atoms with Gasteiger partial charge in [-0.1, -0.05) is 24.3 Å². The van der Waals surface area contributed by atoms with E-state index in [1.807, 2.05) is 24.1 Å². The summed E-state index contributed by atoms with van der Waals surface area (Å²) >= 11 is 0. The Labute approximate surface area is 91.0 Å². The first kappa shape index (κ1) is 12.2. The summed E-state index contributed by atoms with van der Waals surface area (Å²) in [6, 6.07) is 8.18. The van der Waals surface area contributed by atoms with Crippen LogP contribution in [0.5, 0.6) is 0 Å². The van der Waals surface area contributed by atoms with Crippen LogP contribution >= 0.6 is 0 Å². The van der Waals surface area contributed by atoms with Gasteiger partial charge in [0.1, 0.15) is 0 Å². The number of rotatable bonds is 5. The number of aliphatic hydroxyl groups is 2. The molecule has 1 rings (SSSR count). The lowest BCUT2D eigenvalue weighted by Gasteiger charge is -2.20. The van der Waals surface area contributed by atoms with Crippen molar-refractivity contribution >= 4 is 0 Å². The predicted octanol–water partition coefficient (Wildman–Crippen LogP) is 0.780. The Morgan fingerprint density at radius 1 is 1.33 bits per heavy atom. The lowest BCUT2D eigenvalue weighted by atomic mass is 10.1. The number of aliphatic hydroxyl groups excluding tert-OH is 2. The summed E-state index contributed by atoms with van der Waals surface area (Å²) < 4.78 is 0. The minimum Gasteiger partial charge on any atom is -0.394 e. The maximum Gasteiger partial charge on any atom is 0.0897 e. The van der Waals surface area contributed by atoms with Crippen LogP contribution in [0.15, 0.2) is 24.3 Å². The Kier molecular flexibility index (Phi) is 4.75. The molecule has 0 bridgehead atoms. The molecule has 1 aromatic rings. The monoisotopic (exact) mass is 209 g/mol. The topological polar surface area (TPSA) is 43.7 Å². The number of likely N-dealkylation sites (N-methyl/N-ethyl adjacent to an activating group) is 1. The Morgan fingerprint density at radius 3 is 2.60 bits per heavy atom. The van der Waals surface area contributed by atoms with Crippen LogP contribution in [0.2, 0.25) is 0 Å². The van der Waals surface area contributed by atoms with Crippen LogP contribution in [0.25, 0.3) is 0 Å². The maximum atomic E-state index is 9.28. The lowest BCUT2D eigenvalue weighted by molar-refractivity contribution is 0.0647. The fourth-order valence-corrected chi connectivity index (χ4v) is 1.56. The van der Waals surface area contributed by atoms with Crippen molar-refractivity contribution < 1.29 is 10.2 Å². The Hall–Kier alpha value is -0.900. The smallest absolute Gasteiger partial charge is 0.0897 e. The van der Waals surface area contributed by atoms with Crippen molar-refractivity contribution in [1.82, 2.24) is 4.90 Å². The molecule has 1 unspecified atom stereocenters. The highest BCUT2D eigenvalue weighted by molar-refractivity contribution is 5.25. The number of nitrogens with zero attached hydrogens (tertiary/aromatic N) is 1. The molecule has 2 N–H and O–H groups in total. The summed E-state index contributed by atoms with van der Waals surface area (Å²) in [4.78, 5) is 2.00. The largest absolute Gasteiger partial charge is 0.394 e. The average molecular weight is 209 g/mol. The fraction of sp³-hybridized carbons (Fsp3) is 0.500. The summed E-state index contributed by atoms with van der Waals surface area (Å²) in [5.41, 5.74) is 2.51. The van der Waals surface area contributed by atoms with E-state index in [-0.39, 0.29) is 6.61 Å². The molecule has 0 aliphatic heterocycles. The normalized spacial score (nSPS) is 13.1. The summed E-state index contributed by atoms with van der Waals surface area (Å²) in [6.07, 6.45) is -0.654. The van der Waals surface area contributed by atoms with E-state index in [1.54, 1.807) is 0 Å². The molecule has 0 aromatic heterocycles. The van der Waals surface area contributed by atoms with Crippen molar-refractivity contribution in [1.29, 1.82) is 0 Å². The highest BCUT2D eigenvalue weighted by Gasteiger charge is 2.07. The van der Waals surface area contributed by atoms with E-state index in [9.17, 15) is 5.11 Å². The highest BCUT2D eigenvalue weighted by Crippen LogP contribution is 2.09. The molecule has 0 aliphatic rings. The highest BCUT2D eigenvalue weighted by atomic mass is 16.3. The van der Waals surface area contributed by atoms with Gasteiger partial charge >= 0.3 is 0 Å². The Balaban J connectivity index is 2.51.